The predicted octanol–water partition coefficient (Wildman–Crippen LogP) is 3.25. The summed E-state index contributed by atoms with van der Waals surface area (Å²) in [6.07, 6.45) is 5.54. The van der Waals surface area contributed by atoms with Crippen molar-refractivity contribution in [3.05, 3.63) is 29.3 Å². The smallest absolute Gasteiger partial charge is 0.0750 e. The van der Waals surface area contributed by atoms with Crippen molar-refractivity contribution in [3.63, 3.8) is 0 Å². The SMILES string of the molecule is CCOC1CCCN(c2ccc(CNC3CC3)cc2C)C1. The predicted molar refractivity (Wildman–Crippen MR) is 87.9 cm³/mol. The van der Waals surface area contributed by atoms with Crippen LogP contribution in [0.1, 0.15) is 43.7 Å². The third-order valence-electron chi connectivity index (χ3n) is 4.55. The van der Waals surface area contributed by atoms with Crippen molar-refractivity contribution in [2.45, 2.75) is 58.2 Å². The van der Waals surface area contributed by atoms with Gasteiger partial charge in [0.1, 0.15) is 0 Å². The first kappa shape index (κ1) is 14.9. The zero-order chi connectivity index (χ0) is 14.7. The molecule has 1 aliphatic carbocycles. The zero-order valence-electron chi connectivity index (χ0n) is 13.4. The molecule has 0 bridgehead atoms. The second kappa shape index (κ2) is 6.80. The molecule has 1 aromatic rings. The van der Waals surface area contributed by atoms with E-state index in [1.54, 1.807) is 0 Å². The summed E-state index contributed by atoms with van der Waals surface area (Å²) < 4.78 is 5.82. The Morgan fingerprint density at radius 1 is 1.29 bits per heavy atom. The lowest BCUT2D eigenvalue weighted by molar-refractivity contribution is 0.0526. The summed E-state index contributed by atoms with van der Waals surface area (Å²) in [6.45, 7) is 8.35. The maximum absolute atomic E-state index is 5.82. The second-order valence-electron chi connectivity index (χ2n) is 6.44. The third kappa shape index (κ3) is 3.98. The molecule has 1 aromatic carbocycles. The van der Waals surface area contributed by atoms with Crippen molar-refractivity contribution < 1.29 is 4.74 Å². The summed E-state index contributed by atoms with van der Waals surface area (Å²) in [5, 5.41) is 3.59. The van der Waals surface area contributed by atoms with Crippen molar-refractivity contribution >= 4 is 5.69 Å². The van der Waals surface area contributed by atoms with E-state index in [0.717, 1.165) is 32.3 Å². The highest BCUT2D eigenvalue weighted by Crippen LogP contribution is 2.26. The van der Waals surface area contributed by atoms with Gasteiger partial charge in [0.2, 0.25) is 0 Å². The first-order valence-electron chi connectivity index (χ1n) is 8.45. The Hall–Kier alpha value is -1.06. The third-order valence-corrected chi connectivity index (χ3v) is 4.55. The first-order valence-corrected chi connectivity index (χ1v) is 8.45. The highest BCUT2D eigenvalue weighted by Gasteiger charge is 2.22. The van der Waals surface area contributed by atoms with Crippen molar-refractivity contribution in [3.8, 4) is 0 Å². The Labute approximate surface area is 128 Å². The van der Waals surface area contributed by atoms with Crippen LogP contribution < -0.4 is 10.2 Å². The van der Waals surface area contributed by atoms with Crippen molar-refractivity contribution in [1.82, 2.24) is 5.32 Å². The molecule has 2 fully saturated rings. The average Bonchev–Trinajstić information content (AvgIpc) is 3.30. The summed E-state index contributed by atoms with van der Waals surface area (Å²) in [7, 11) is 0. The molecule has 1 heterocycles. The topological polar surface area (TPSA) is 24.5 Å². The molecule has 1 saturated heterocycles. The van der Waals surface area contributed by atoms with Gasteiger partial charge < -0.3 is 15.0 Å². The van der Waals surface area contributed by atoms with E-state index in [0.29, 0.717) is 6.10 Å². The van der Waals surface area contributed by atoms with Gasteiger partial charge in [-0.1, -0.05) is 12.1 Å². The summed E-state index contributed by atoms with van der Waals surface area (Å²) in [6, 6.07) is 7.70. The average molecular weight is 288 g/mol. The number of anilines is 1. The minimum absolute atomic E-state index is 0.402. The van der Waals surface area contributed by atoms with E-state index in [9.17, 15) is 0 Å². The molecular formula is C18H28N2O. The Balaban J connectivity index is 1.63. The maximum atomic E-state index is 5.82. The fourth-order valence-electron chi connectivity index (χ4n) is 3.26. The van der Waals surface area contributed by atoms with Crippen LogP contribution in [0.3, 0.4) is 0 Å². The lowest BCUT2D eigenvalue weighted by Crippen LogP contribution is -2.40. The largest absolute Gasteiger partial charge is 0.377 e. The summed E-state index contributed by atoms with van der Waals surface area (Å²) in [4.78, 5) is 2.50. The molecule has 1 saturated carbocycles. The lowest BCUT2D eigenvalue weighted by atomic mass is 10.0. The summed E-state index contributed by atoms with van der Waals surface area (Å²) in [5.41, 5.74) is 4.18. The van der Waals surface area contributed by atoms with Gasteiger partial charge in [-0.25, -0.2) is 0 Å². The van der Waals surface area contributed by atoms with Crippen LogP contribution in [-0.4, -0.2) is 31.8 Å². The molecule has 1 N–H and O–H groups in total. The van der Waals surface area contributed by atoms with Gasteiger partial charge in [0.15, 0.2) is 0 Å². The van der Waals surface area contributed by atoms with E-state index in [-0.39, 0.29) is 0 Å². The minimum atomic E-state index is 0.402. The fraction of sp³-hybridized carbons (Fsp3) is 0.667. The number of rotatable bonds is 6. The van der Waals surface area contributed by atoms with Gasteiger partial charge in [-0.2, -0.15) is 0 Å². The highest BCUT2D eigenvalue weighted by molar-refractivity contribution is 5.55. The van der Waals surface area contributed by atoms with E-state index in [4.69, 9.17) is 4.74 Å². The Morgan fingerprint density at radius 2 is 2.14 bits per heavy atom. The molecule has 116 valence electrons. The molecule has 21 heavy (non-hydrogen) atoms. The molecule has 0 radical (unpaired) electrons. The van der Waals surface area contributed by atoms with Crippen molar-refractivity contribution in [2.75, 3.05) is 24.6 Å². The monoisotopic (exact) mass is 288 g/mol. The highest BCUT2D eigenvalue weighted by atomic mass is 16.5. The van der Waals surface area contributed by atoms with Crippen LogP contribution in [0.2, 0.25) is 0 Å². The summed E-state index contributed by atoms with van der Waals surface area (Å²) >= 11 is 0. The van der Waals surface area contributed by atoms with Crippen LogP contribution in [0.5, 0.6) is 0 Å². The number of nitrogens with zero attached hydrogens (tertiary/aromatic N) is 1. The van der Waals surface area contributed by atoms with Gasteiger partial charge in [-0.05, 0) is 56.7 Å². The van der Waals surface area contributed by atoms with E-state index in [2.05, 4.69) is 42.3 Å². The minimum Gasteiger partial charge on any atom is -0.377 e. The van der Waals surface area contributed by atoms with E-state index >= 15 is 0 Å². The van der Waals surface area contributed by atoms with Crippen LogP contribution in [0.25, 0.3) is 0 Å². The molecule has 0 spiro atoms. The molecule has 0 aromatic heterocycles. The maximum Gasteiger partial charge on any atom is 0.0750 e. The molecule has 1 atom stereocenters. The fourth-order valence-corrected chi connectivity index (χ4v) is 3.26. The number of hydrogen-bond donors (Lipinski definition) is 1. The first-order chi connectivity index (χ1) is 10.3. The van der Waals surface area contributed by atoms with Crippen LogP contribution in [0.15, 0.2) is 18.2 Å². The Bertz CT molecular complexity index is 468. The number of benzene rings is 1. The van der Waals surface area contributed by atoms with E-state index in [1.807, 2.05) is 0 Å². The van der Waals surface area contributed by atoms with Gasteiger partial charge in [0.05, 0.1) is 6.10 Å². The molecule has 2 aliphatic rings. The normalized spacial score (nSPS) is 22.6. The summed E-state index contributed by atoms with van der Waals surface area (Å²) in [5.74, 6) is 0. The molecule has 1 aliphatic heterocycles. The van der Waals surface area contributed by atoms with Gasteiger partial charge in [0.25, 0.3) is 0 Å². The van der Waals surface area contributed by atoms with E-state index in [1.165, 1.54) is 42.5 Å². The standard InChI is InChI=1S/C18H28N2O/c1-3-21-17-5-4-10-20(13-17)18-9-6-15(11-14(18)2)12-19-16-7-8-16/h6,9,11,16-17,19H,3-5,7-8,10,12-13H2,1-2H3. The number of hydrogen-bond acceptors (Lipinski definition) is 3. The van der Waals surface area contributed by atoms with Gasteiger partial charge in [0, 0.05) is 38.0 Å². The van der Waals surface area contributed by atoms with Crippen LogP contribution in [0.4, 0.5) is 5.69 Å². The molecule has 3 rings (SSSR count). The molecule has 0 amide bonds. The molecule has 1 unspecified atom stereocenters. The van der Waals surface area contributed by atoms with Gasteiger partial charge in [-0.3, -0.25) is 0 Å². The van der Waals surface area contributed by atoms with Crippen LogP contribution >= 0.6 is 0 Å². The van der Waals surface area contributed by atoms with Gasteiger partial charge in [-0.15, -0.1) is 0 Å². The lowest BCUT2D eigenvalue weighted by Gasteiger charge is -2.35. The Morgan fingerprint density at radius 3 is 2.86 bits per heavy atom. The molecule has 3 nitrogen and oxygen atoms in total. The molecular weight excluding hydrogens is 260 g/mol. The quantitative estimate of drug-likeness (QED) is 0.869. The second-order valence-corrected chi connectivity index (χ2v) is 6.44. The zero-order valence-corrected chi connectivity index (χ0v) is 13.4. The Kier molecular flexibility index (Phi) is 4.81. The number of ether oxygens (including phenoxy) is 1. The van der Waals surface area contributed by atoms with Crippen LogP contribution in [-0.2, 0) is 11.3 Å². The van der Waals surface area contributed by atoms with E-state index < -0.39 is 0 Å². The number of piperidine rings is 1. The number of aryl methyl sites for hydroxylation is 1. The van der Waals surface area contributed by atoms with Crippen LogP contribution in [0, 0.1) is 6.92 Å². The van der Waals surface area contributed by atoms with Crippen molar-refractivity contribution in [2.24, 2.45) is 0 Å². The number of nitrogens with one attached hydrogen (secondary N) is 1. The molecule has 3 heteroatoms. The van der Waals surface area contributed by atoms with Gasteiger partial charge >= 0.3 is 0 Å². The van der Waals surface area contributed by atoms with Crippen molar-refractivity contribution in [1.29, 1.82) is 0 Å².